The van der Waals surface area contributed by atoms with Crippen LogP contribution >= 0.6 is 22.6 Å². The van der Waals surface area contributed by atoms with E-state index in [4.69, 9.17) is 4.74 Å². The number of alkyl halides is 1. The SMILES string of the molecule is COC(=O)C1(OC)CC(I)C1. The van der Waals surface area contributed by atoms with Crippen molar-refractivity contribution < 1.29 is 14.3 Å². The standard InChI is InChI=1S/C7H11IO3/c1-10-6(9)7(11-2)3-5(8)4-7/h5H,3-4H2,1-2H3. The summed E-state index contributed by atoms with van der Waals surface area (Å²) in [5.41, 5.74) is -0.624. The van der Waals surface area contributed by atoms with Crippen molar-refractivity contribution in [2.24, 2.45) is 0 Å². The number of rotatable bonds is 2. The Morgan fingerprint density at radius 3 is 2.36 bits per heavy atom. The molecule has 3 nitrogen and oxygen atoms in total. The second-order valence-electron chi connectivity index (χ2n) is 2.70. The molecule has 0 N–H and O–H groups in total. The van der Waals surface area contributed by atoms with Crippen LogP contribution in [0.2, 0.25) is 0 Å². The van der Waals surface area contributed by atoms with Crippen LogP contribution in [0.5, 0.6) is 0 Å². The van der Waals surface area contributed by atoms with Crippen LogP contribution in [0, 0.1) is 0 Å². The molecule has 64 valence electrons. The lowest BCUT2D eigenvalue weighted by molar-refractivity contribution is -0.175. The molecule has 0 aromatic carbocycles. The van der Waals surface area contributed by atoms with E-state index in [-0.39, 0.29) is 5.97 Å². The molecule has 1 saturated carbocycles. The second kappa shape index (κ2) is 3.26. The predicted molar refractivity (Wildman–Crippen MR) is 48.8 cm³/mol. The van der Waals surface area contributed by atoms with Gasteiger partial charge in [0.05, 0.1) is 7.11 Å². The summed E-state index contributed by atoms with van der Waals surface area (Å²) in [5.74, 6) is -0.243. The largest absolute Gasteiger partial charge is 0.467 e. The Kier molecular flexibility index (Phi) is 2.74. The summed E-state index contributed by atoms with van der Waals surface area (Å²) in [5, 5.41) is 0. The van der Waals surface area contributed by atoms with Crippen molar-refractivity contribution in [2.45, 2.75) is 22.4 Å². The molecule has 1 fully saturated rings. The van der Waals surface area contributed by atoms with Crippen LogP contribution in [-0.2, 0) is 14.3 Å². The summed E-state index contributed by atoms with van der Waals surface area (Å²) in [6.45, 7) is 0. The summed E-state index contributed by atoms with van der Waals surface area (Å²) in [7, 11) is 2.95. The highest BCUT2D eigenvalue weighted by Crippen LogP contribution is 2.41. The molecule has 0 spiro atoms. The number of carbonyl (C=O) groups excluding carboxylic acids is 1. The van der Waals surface area contributed by atoms with Crippen LogP contribution in [0.4, 0.5) is 0 Å². The van der Waals surface area contributed by atoms with Crippen molar-refractivity contribution in [1.29, 1.82) is 0 Å². The molecule has 0 aliphatic heterocycles. The van der Waals surface area contributed by atoms with E-state index in [0.29, 0.717) is 3.92 Å². The van der Waals surface area contributed by atoms with Crippen molar-refractivity contribution >= 4 is 28.6 Å². The number of hydrogen-bond acceptors (Lipinski definition) is 3. The van der Waals surface area contributed by atoms with Crippen molar-refractivity contribution in [3.05, 3.63) is 0 Å². The molecule has 0 unspecified atom stereocenters. The zero-order valence-electron chi connectivity index (χ0n) is 6.59. The van der Waals surface area contributed by atoms with Gasteiger partial charge in [-0.05, 0) is 12.8 Å². The van der Waals surface area contributed by atoms with Gasteiger partial charge in [0.1, 0.15) is 0 Å². The van der Waals surface area contributed by atoms with E-state index in [1.807, 2.05) is 0 Å². The summed E-state index contributed by atoms with van der Waals surface area (Å²) in [4.78, 5) is 11.1. The molecule has 0 radical (unpaired) electrons. The van der Waals surface area contributed by atoms with Crippen LogP contribution in [0.25, 0.3) is 0 Å². The van der Waals surface area contributed by atoms with Gasteiger partial charge in [0.15, 0.2) is 5.60 Å². The second-order valence-corrected chi connectivity index (χ2v) is 4.46. The van der Waals surface area contributed by atoms with Crippen LogP contribution < -0.4 is 0 Å². The Hall–Kier alpha value is 0.160. The summed E-state index contributed by atoms with van der Waals surface area (Å²) in [6.07, 6.45) is 1.55. The average Bonchev–Trinajstić information content (AvgIpc) is 1.96. The highest BCUT2D eigenvalue weighted by Gasteiger charge is 2.50. The molecule has 1 aliphatic carbocycles. The lowest BCUT2D eigenvalue weighted by atomic mass is 9.80. The fourth-order valence-corrected chi connectivity index (χ4v) is 2.68. The smallest absolute Gasteiger partial charge is 0.338 e. The highest BCUT2D eigenvalue weighted by molar-refractivity contribution is 14.1. The monoisotopic (exact) mass is 270 g/mol. The molecule has 1 aliphatic rings. The minimum Gasteiger partial charge on any atom is -0.467 e. The Bertz CT molecular complexity index is 163. The van der Waals surface area contributed by atoms with E-state index in [0.717, 1.165) is 12.8 Å². The van der Waals surface area contributed by atoms with Gasteiger partial charge in [-0.15, -0.1) is 0 Å². The fraction of sp³-hybridized carbons (Fsp3) is 0.857. The molecule has 0 atom stereocenters. The van der Waals surface area contributed by atoms with Gasteiger partial charge in [0, 0.05) is 11.0 Å². The van der Waals surface area contributed by atoms with Crippen molar-refractivity contribution in [3.8, 4) is 0 Å². The summed E-state index contributed by atoms with van der Waals surface area (Å²) >= 11 is 2.30. The third kappa shape index (κ3) is 1.51. The Labute approximate surface area is 79.6 Å². The first-order valence-electron chi connectivity index (χ1n) is 3.42. The Balaban J connectivity index is 2.57. The third-order valence-corrected chi connectivity index (χ3v) is 2.93. The molecule has 0 saturated heterocycles. The van der Waals surface area contributed by atoms with Crippen LogP contribution in [-0.4, -0.2) is 29.7 Å². The van der Waals surface area contributed by atoms with Gasteiger partial charge in [-0.3, -0.25) is 0 Å². The van der Waals surface area contributed by atoms with Gasteiger partial charge in [-0.25, -0.2) is 4.79 Å². The van der Waals surface area contributed by atoms with Gasteiger partial charge >= 0.3 is 5.97 Å². The first-order valence-corrected chi connectivity index (χ1v) is 4.67. The zero-order valence-corrected chi connectivity index (χ0v) is 8.75. The van der Waals surface area contributed by atoms with Crippen molar-refractivity contribution in [3.63, 3.8) is 0 Å². The van der Waals surface area contributed by atoms with Gasteiger partial charge in [0.2, 0.25) is 0 Å². The fourth-order valence-electron chi connectivity index (χ4n) is 1.26. The first kappa shape index (κ1) is 9.25. The van der Waals surface area contributed by atoms with E-state index in [2.05, 4.69) is 27.3 Å². The lowest BCUT2D eigenvalue weighted by Gasteiger charge is -2.41. The maximum absolute atomic E-state index is 11.1. The van der Waals surface area contributed by atoms with Crippen LogP contribution in [0.1, 0.15) is 12.8 Å². The maximum atomic E-state index is 11.1. The number of ether oxygens (including phenoxy) is 2. The lowest BCUT2D eigenvalue weighted by Crippen LogP contribution is -2.53. The number of methoxy groups -OCH3 is 2. The first-order chi connectivity index (χ1) is 5.14. The van der Waals surface area contributed by atoms with Crippen molar-refractivity contribution in [1.82, 2.24) is 0 Å². The van der Waals surface area contributed by atoms with E-state index in [1.165, 1.54) is 7.11 Å². The van der Waals surface area contributed by atoms with Gasteiger partial charge in [-0.1, -0.05) is 22.6 Å². The molecule has 0 aromatic heterocycles. The highest BCUT2D eigenvalue weighted by atomic mass is 127. The van der Waals surface area contributed by atoms with E-state index in [9.17, 15) is 4.79 Å². The Morgan fingerprint density at radius 2 is 2.09 bits per heavy atom. The Morgan fingerprint density at radius 1 is 1.55 bits per heavy atom. The van der Waals surface area contributed by atoms with E-state index >= 15 is 0 Å². The van der Waals surface area contributed by atoms with Crippen molar-refractivity contribution in [2.75, 3.05) is 14.2 Å². The molecule has 0 amide bonds. The molecule has 1 rings (SSSR count). The number of esters is 1. The topological polar surface area (TPSA) is 35.5 Å². The molecule has 11 heavy (non-hydrogen) atoms. The van der Waals surface area contributed by atoms with Crippen LogP contribution in [0.15, 0.2) is 0 Å². The van der Waals surface area contributed by atoms with E-state index in [1.54, 1.807) is 7.11 Å². The molecule has 0 bridgehead atoms. The zero-order chi connectivity index (χ0) is 8.48. The van der Waals surface area contributed by atoms with Gasteiger partial charge in [-0.2, -0.15) is 0 Å². The molecule has 0 aromatic rings. The minimum atomic E-state index is -0.624. The minimum absolute atomic E-state index is 0.243. The van der Waals surface area contributed by atoms with E-state index < -0.39 is 5.60 Å². The molecule has 0 heterocycles. The molecular weight excluding hydrogens is 259 g/mol. The quantitative estimate of drug-likeness (QED) is 0.429. The average molecular weight is 270 g/mol. The van der Waals surface area contributed by atoms with Gasteiger partial charge < -0.3 is 9.47 Å². The molecule has 4 heteroatoms. The molecular formula is C7H11IO3. The number of hydrogen-bond donors (Lipinski definition) is 0. The normalized spacial score (nSPS) is 36.1. The predicted octanol–water partition coefficient (Wildman–Crippen LogP) is 1.14. The number of halogens is 1. The summed E-state index contributed by atoms with van der Waals surface area (Å²) in [6, 6.07) is 0. The van der Waals surface area contributed by atoms with Gasteiger partial charge in [0.25, 0.3) is 0 Å². The number of carbonyl (C=O) groups is 1. The van der Waals surface area contributed by atoms with Crippen LogP contribution in [0.3, 0.4) is 0 Å². The maximum Gasteiger partial charge on any atom is 0.338 e. The third-order valence-electron chi connectivity index (χ3n) is 2.05. The summed E-state index contributed by atoms with van der Waals surface area (Å²) < 4.78 is 10.3.